The van der Waals surface area contributed by atoms with E-state index in [0.717, 1.165) is 11.3 Å². The first kappa shape index (κ1) is 13.7. The maximum absolute atomic E-state index is 2.65. The van der Waals surface area contributed by atoms with Gasteiger partial charge in [-0.15, -0.1) is 0 Å². The second-order valence-corrected chi connectivity index (χ2v) is 7.57. The maximum atomic E-state index is 2.65. The van der Waals surface area contributed by atoms with Crippen LogP contribution in [-0.4, -0.2) is 0 Å². The zero-order chi connectivity index (χ0) is 13.0. The number of allylic oxidation sites excluding steroid dienone is 2. The summed E-state index contributed by atoms with van der Waals surface area (Å²) in [6.07, 6.45) is 25.0. The van der Waals surface area contributed by atoms with Gasteiger partial charge >= 0.3 is 0 Å². The van der Waals surface area contributed by atoms with Crippen LogP contribution in [-0.2, 0) is 0 Å². The van der Waals surface area contributed by atoms with Crippen LogP contribution in [0.5, 0.6) is 0 Å². The van der Waals surface area contributed by atoms with Crippen LogP contribution >= 0.6 is 0 Å². The lowest BCUT2D eigenvalue weighted by Gasteiger charge is -2.22. The first-order chi connectivity index (χ1) is 9.39. The summed E-state index contributed by atoms with van der Waals surface area (Å²) >= 11 is 0. The summed E-state index contributed by atoms with van der Waals surface area (Å²) in [6.45, 7) is 0. The third-order valence-corrected chi connectivity index (χ3v) is 6.09. The molecule has 0 N–H and O–H groups in total. The molecule has 0 amide bonds. The van der Waals surface area contributed by atoms with Gasteiger partial charge < -0.3 is 0 Å². The van der Waals surface area contributed by atoms with Gasteiger partial charge in [-0.1, -0.05) is 69.4 Å². The molecule has 4 aliphatic carbocycles. The van der Waals surface area contributed by atoms with Crippen molar-refractivity contribution in [2.45, 2.75) is 96.3 Å². The first-order valence-electron chi connectivity index (χ1n) is 9.07. The summed E-state index contributed by atoms with van der Waals surface area (Å²) in [5.74, 6) is 1.10. The second-order valence-electron chi connectivity index (χ2n) is 7.57. The zero-order valence-electron chi connectivity index (χ0n) is 12.8. The van der Waals surface area contributed by atoms with Crippen molar-refractivity contribution in [2.24, 2.45) is 11.3 Å². The van der Waals surface area contributed by atoms with Gasteiger partial charge in [-0.05, 0) is 49.9 Å². The standard InChI is InChI=1S/C19H32/c1-2-4-6-8-10-13-19-14-12-17(15-18(19)16-19)11-9-7-5-3-1/h12,18H,1-11,13-16H2. The summed E-state index contributed by atoms with van der Waals surface area (Å²) in [5.41, 5.74) is 2.63. The Bertz CT molecular complexity index is 314. The van der Waals surface area contributed by atoms with Crippen molar-refractivity contribution in [3.05, 3.63) is 11.6 Å². The molecule has 0 nitrogen and oxygen atoms in total. The number of hydrogen-bond donors (Lipinski definition) is 0. The third kappa shape index (κ3) is 3.64. The fraction of sp³-hybridized carbons (Fsp3) is 0.895. The summed E-state index contributed by atoms with van der Waals surface area (Å²) < 4.78 is 0. The second kappa shape index (κ2) is 6.46. The minimum atomic E-state index is 0.806. The predicted molar refractivity (Wildman–Crippen MR) is 83.3 cm³/mol. The molecule has 0 aliphatic heterocycles. The molecular formula is C19H32. The predicted octanol–water partition coefficient (Wildman–Crippen LogP) is 6.41. The van der Waals surface area contributed by atoms with E-state index in [1.807, 2.05) is 5.57 Å². The summed E-state index contributed by atoms with van der Waals surface area (Å²) in [5, 5.41) is 0. The summed E-state index contributed by atoms with van der Waals surface area (Å²) in [6, 6.07) is 0. The highest BCUT2D eigenvalue weighted by molar-refractivity contribution is 5.19. The highest BCUT2D eigenvalue weighted by Crippen LogP contribution is 2.63. The molecular weight excluding hydrogens is 228 g/mol. The minimum absolute atomic E-state index is 0.806. The fourth-order valence-corrected chi connectivity index (χ4v) is 4.57. The SMILES string of the molecule is C1=C2CCCCCCCCCCCCC3(C1)CC3C2. The lowest BCUT2D eigenvalue weighted by Crippen LogP contribution is -2.09. The van der Waals surface area contributed by atoms with Crippen LogP contribution in [0.25, 0.3) is 0 Å². The third-order valence-electron chi connectivity index (χ3n) is 6.09. The molecule has 0 aromatic rings. The zero-order valence-corrected chi connectivity index (χ0v) is 12.8. The van der Waals surface area contributed by atoms with Crippen molar-refractivity contribution >= 4 is 0 Å². The maximum Gasteiger partial charge on any atom is -0.0228 e. The fourth-order valence-electron chi connectivity index (χ4n) is 4.57. The van der Waals surface area contributed by atoms with E-state index in [9.17, 15) is 0 Å². The number of fused-ring (bicyclic) bond motifs is 12. The summed E-state index contributed by atoms with van der Waals surface area (Å²) in [7, 11) is 0. The largest absolute Gasteiger partial charge is 0.0848 e. The van der Waals surface area contributed by atoms with Crippen LogP contribution in [0.2, 0.25) is 0 Å². The molecule has 19 heavy (non-hydrogen) atoms. The molecule has 2 bridgehead atoms. The molecule has 4 rings (SSSR count). The van der Waals surface area contributed by atoms with Gasteiger partial charge in [-0.25, -0.2) is 0 Å². The highest BCUT2D eigenvalue weighted by Gasteiger charge is 2.53. The van der Waals surface area contributed by atoms with Crippen molar-refractivity contribution in [1.82, 2.24) is 0 Å². The van der Waals surface area contributed by atoms with Crippen LogP contribution in [0.15, 0.2) is 11.6 Å². The van der Waals surface area contributed by atoms with E-state index in [4.69, 9.17) is 0 Å². The van der Waals surface area contributed by atoms with Gasteiger partial charge in [0.2, 0.25) is 0 Å². The van der Waals surface area contributed by atoms with Gasteiger partial charge in [-0.3, -0.25) is 0 Å². The van der Waals surface area contributed by atoms with E-state index >= 15 is 0 Å². The van der Waals surface area contributed by atoms with E-state index in [0.29, 0.717) is 0 Å². The number of rotatable bonds is 0. The Morgan fingerprint density at radius 3 is 2.11 bits per heavy atom. The summed E-state index contributed by atoms with van der Waals surface area (Å²) in [4.78, 5) is 0. The van der Waals surface area contributed by atoms with E-state index in [2.05, 4.69) is 6.08 Å². The average Bonchev–Trinajstić information content (AvgIpc) is 3.12. The Morgan fingerprint density at radius 1 is 0.789 bits per heavy atom. The van der Waals surface area contributed by atoms with Crippen LogP contribution < -0.4 is 0 Å². The van der Waals surface area contributed by atoms with Crippen LogP contribution in [0.4, 0.5) is 0 Å². The Labute approximate surface area is 120 Å². The lowest BCUT2D eigenvalue weighted by atomic mass is 9.83. The van der Waals surface area contributed by atoms with Crippen molar-refractivity contribution < 1.29 is 0 Å². The van der Waals surface area contributed by atoms with Crippen LogP contribution in [0, 0.1) is 11.3 Å². The molecule has 0 aromatic carbocycles. The molecule has 0 heteroatoms. The normalized spacial score (nSPS) is 37.5. The molecule has 108 valence electrons. The van der Waals surface area contributed by atoms with Crippen molar-refractivity contribution in [2.75, 3.05) is 0 Å². The van der Waals surface area contributed by atoms with Gasteiger partial charge in [-0.2, -0.15) is 0 Å². The molecule has 0 aromatic heterocycles. The van der Waals surface area contributed by atoms with Gasteiger partial charge in [0.25, 0.3) is 0 Å². The molecule has 2 fully saturated rings. The topological polar surface area (TPSA) is 0 Å². The molecule has 0 saturated heterocycles. The first-order valence-corrected chi connectivity index (χ1v) is 9.07. The Balaban J connectivity index is 1.51. The van der Waals surface area contributed by atoms with Crippen molar-refractivity contribution in [3.8, 4) is 0 Å². The van der Waals surface area contributed by atoms with Gasteiger partial charge in [0.15, 0.2) is 0 Å². The number of hydrogen-bond acceptors (Lipinski definition) is 0. The Morgan fingerprint density at radius 2 is 1.42 bits per heavy atom. The molecule has 2 atom stereocenters. The van der Waals surface area contributed by atoms with Crippen LogP contribution in [0.1, 0.15) is 96.3 Å². The minimum Gasteiger partial charge on any atom is -0.0848 e. The Hall–Kier alpha value is -0.260. The highest BCUT2D eigenvalue weighted by atomic mass is 14.6. The Kier molecular flexibility index (Phi) is 4.66. The molecule has 2 saturated carbocycles. The smallest absolute Gasteiger partial charge is 0.0228 e. The van der Waals surface area contributed by atoms with E-state index < -0.39 is 0 Å². The van der Waals surface area contributed by atoms with Gasteiger partial charge in [0, 0.05) is 0 Å². The average molecular weight is 260 g/mol. The molecule has 0 radical (unpaired) electrons. The van der Waals surface area contributed by atoms with E-state index in [-0.39, 0.29) is 0 Å². The monoisotopic (exact) mass is 260 g/mol. The van der Waals surface area contributed by atoms with Crippen LogP contribution in [0.3, 0.4) is 0 Å². The van der Waals surface area contributed by atoms with Gasteiger partial charge in [0.05, 0.1) is 0 Å². The molecule has 0 heterocycles. The van der Waals surface area contributed by atoms with Crippen molar-refractivity contribution in [3.63, 3.8) is 0 Å². The van der Waals surface area contributed by atoms with Gasteiger partial charge in [0.1, 0.15) is 0 Å². The quantitative estimate of drug-likeness (QED) is 0.442. The van der Waals surface area contributed by atoms with Crippen molar-refractivity contribution in [1.29, 1.82) is 0 Å². The molecule has 1 spiro atoms. The molecule has 4 aliphatic rings. The lowest BCUT2D eigenvalue weighted by molar-refractivity contribution is 0.378. The van der Waals surface area contributed by atoms with E-state index in [1.54, 1.807) is 12.8 Å². The molecule has 2 unspecified atom stereocenters. The van der Waals surface area contributed by atoms with E-state index in [1.165, 1.54) is 83.5 Å².